The minimum atomic E-state index is 0.350. The Bertz CT molecular complexity index is 349. The lowest BCUT2D eigenvalue weighted by molar-refractivity contribution is 0.123. The van der Waals surface area contributed by atoms with E-state index in [9.17, 15) is 0 Å². The molecular formula is C12H18N2OS. The van der Waals surface area contributed by atoms with Crippen LogP contribution in [0.5, 0.6) is 0 Å². The average molecular weight is 238 g/mol. The van der Waals surface area contributed by atoms with Gasteiger partial charge in [-0.1, -0.05) is 0 Å². The Labute approximate surface area is 101 Å². The molecule has 0 aliphatic carbocycles. The van der Waals surface area contributed by atoms with Crippen molar-refractivity contribution >= 4 is 11.3 Å². The van der Waals surface area contributed by atoms with Crippen molar-refractivity contribution < 1.29 is 4.74 Å². The van der Waals surface area contributed by atoms with Gasteiger partial charge in [0.1, 0.15) is 6.10 Å². The fourth-order valence-electron chi connectivity index (χ4n) is 1.71. The molecule has 0 saturated heterocycles. The molecule has 0 fully saturated rings. The third-order valence-corrected chi connectivity index (χ3v) is 3.60. The van der Waals surface area contributed by atoms with Crippen LogP contribution in [-0.4, -0.2) is 24.2 Å². The third kappa shape index (κ3) is 3.61. The topological polar surface area (TPSA) is 34.1 Å². The van der Waals surface area contributed by atoms with Gasteiger partial charge in [0, 0.05) is 30.6 Å². The lowest BCUT2D eigenvalue weighted by Gasteiger charge is -2.19. The van der Waals surface area contributed by atoms with Crippen LogP contribution < -0.4 is 5.32 Å². The first-order valence-corrected chi connectivity index (χ1v) is 6.65. The molecule has 2 rings (SSSR count). The Morgan fingerprint density at radius 3 is 3.25 bits per heavy atom. The molecule has 0 bridgehead atoms. The molecule has 0 amide bonds. The number of aromatic nitrogens is 1. The van der Waals surface area contributed by atoms with Gasteiger partial charge in [0.25, 0.3) is 0 Å². The number of allylic oxidation sites excluding steroid dienone is 1. The summed E-state index contributed by atoms with van der Waals surface area (Å²) in [6.07, 6.45) is 7.52. The second kappa shape index (κ2) is 6.01. The minimum Gasteiger partial charge on any atom is -0.497 e. The second-order valence-corrected chi connectivity index (χ2v) is 4.99. The second-order valence-electron chi connectivity index (χ2n) is 4.04. The highest BCUT2D eigenvalue weighted by molar-refractivity contribution is 7.09. The number of hydrogen-bond donors (Lipinski definition) is 1. The molecule has 4 heteroatoms. The van der Waals surface area contributed by atoms with Crippen molar-refractivity contribution in [3.05, 3.63) is 28.4 Å². The zero-order valence-corrected chi connectivity index (χ0v) is 10.4. The first kappa shape index (κ1) is 11.6. The van der Waals surface area contributed by atoms with E-state index in [0.717, 1.165) is 38.0 Å². The summed E-state index contributed by atoms with van der Waals surface area (Å²) in [5.74, 6) is 0. The van der Waals surface area contributed by atoms with E-state index in [-0.39, 0.29) is 0 Å². The van der Waals surface area contributed by atoms with E-state index in [1.807, 2.05) is 13.2 Å². The van der Waals surface area contributed by atoms with E-state index in [2.05, 4.69) is 21.8 Å². The van der Waals surface area contributed by atoms with Crippen molar-refractivity contribution in [3.63, 3.8) is 0 Å². The van der Waals surface area contributed by atoms with Crippen LogP contribution in [0.1, 0.15) is 23.5 Å². The number of nitrogens with zero attached hydrogens (tertiary/aromatic N) is 1. The first-order chi connectivity index (χ1) is 7.84. The molecule has 1 atom stereocenters. The fraction of sp³-hybridized carbons (Fsp3) is 0.583. The predicted molar refractivity (Wildman–Crippen MR) is 66.7 cm³/mol. The Morgan fingerprint density at radius 1 is 1.62 bits per heavy atom. The summed E-state index contributed by atoms with van der Waals surface area (Å²) >= 11 is 1.74. The van der Waals surface area contributed by atoms with Gasteiger partial charge >= 0.3 is 0 Å². The average Bonchev–Trinajstić information content (AvgIpc) is 2.72. The van der Waals surface area contributed by atoms with Gasteiger partial charge in [0.05, 0.1) is 11.3 Å². The molecule has 16 heavy (non-hydrogen) atoms. The van der Waals surface area contributed by atoms with Crippen molar-refractivity contribution in [2.45, 2.75) is 32.3 Å². The van der Waals surface area contributed by atoms with Crippen LogP contribution in [0.15, 0.2) is 17.7 Å². The molecular weight excluding hydrogens is 220 g/mol. The Balaban J connectivity index is 1.59. The summed E-state index contributed by atoms with van der Waals surface area (Å²) in [5, 5.41) is 6.74. The molecule has 1 aromatic rings. The van der Waals surface area contributed by atoms with Gasteiger partial charge < -0.3 is 10.1 Å². The van der Waals surface area contributed by atoms with Gasteiger partial charge in [-0.25, -0.2) is 4.98 Å². The monoisotopic (exact) mass is 238 g/mol. The number of nitrogens with one attached hydrogen (secondary N) is 1. The first-order valence-electron chi connectivity index (χ1n) is 5.77. The number of rotatable bonds is 5. The van der Waals surface area contributed by atoms with Crippen LogP contribution in [0, 0.1) is 6.92 Å². The number of hydrogen-bond acceptors (Lipinski definition) is 4. The van der Waals surface area contributed by atoms with Crippen LogP contribution in [0.2, 0.25) is 0 Å². The van der Waals surface area contributed by atoms with Gasteiger partial charge in [-0.05, 0) is 25.8 Å². The minimum absolute atomic E-state index is 0.350. The van der Waals surface area contributed by atoms with Crippen LogP contribution in [0.25, 0.3) is 0 Å². The number of thiazole rings is 1. The van der Waals surface area contributed by atoms with E-state index in [1.165, 1.54) is 5.01 Å². The van der Waals surface area contributed by atoms with E-state index < -0.39 is 0 Å². The van der Waals surface area contributed by atoms with Gasteiger partial charge in [-0.3, -0.25) is 0 Å². The van der Waals surface area contributed by atoms with Gasteiger partial charge in [-0.2, -0.15) is 0 Å². The van der Waals surface area contributed by atoms with Crippen molar-refractivity contribution in [2.24, 2.45) is 0 Å². The largest absolute Gasteiger partial charge is 0.497 e. The standard InChI is InChI=1S/C12H18N2OS/c1-10-9-16-12(14-10)5-6-13-8-11-4-2-3-7-15-11/h3,7,9,11,13H,2,4-6,8H2,1H3. The van der Waals surface area contributed by atoms with Crippen molar-refractivity contribution in [1.29, 1.82) is 0 Å². The highest BCUT2D eigenvalue weighted by Gasteiger charge is 2.09. The van der Waals surface area contributed by atoms with Crippen LogP contribution in [0.4, 0.5) is 0 Å². The molecule has 0 saturated carbocycles. The van der Waals surface area contributed by atoms with Crippen molar-refractivity contribution in [2.75, 3.05) is 13.1 Å². The highest BCUT2D eigenvalue weighted by Crippen LogP contribution is 2.10. The summed E-state index contributed by atoms with van der Waals surface area (Å²) in [5.41, 5.74) is 1.13. The summed E-state index contributed by atoms with van der Waals surface area (Å²) in [6.45, 7) is 3.96. The summed E-state index contributed by atoms with van der Waals surface area (Å²) in [7, 11) is 0. The van der Waals surface area contributed by atoms with E-state index in [0.29, 0.717) is 6.10 Å². The maximum atomic E-state index is 5.48. The molecule has 2 heterocycles. The molecule has 1 aliphatic rings. The van der Waals surface area contributed by atoms with Gasteiger partial charge in [-0.15, -0.1) is 11.3 Å². The number of ether oxygens (including phenoxy) is 1. The summed E-state index contributed by atoms with van der Waals surface area (Å²) in [6, 6.07) is 0. The van der Waals surface area contributed by atoms with Gasteiger partial charge in [0.2, 0.25) is 0 Å². The van der Waals surface area contributed by atoms with Crippen LogP contribution >= 0.6 is 11.3 Å². The van der Waals surface area contributed by atoms with Gasteiger partial charge in [0.15, 0.2) is 0 Å². The molecule has 1 aliphatic heterocycles. The number of aryl methyl sites for hydroxylation is 1. The SMILES string of the molecule is Cc1csc(CCNCC2CCC=CO2)n1. The van der Waals surface area contributed by atoms with Crippen molar-refractivity contribution in [3.8, 4) is 0 Å². The molecule has 0 radical (unpaired) electrons. The molecule has 0 spiro atoms. The maximum absolute atomic E-state index is 5.48. The Kier molecular flexibility index (Phi) is 4.36. The van der Waals surface area contributed by atoms with E-state index in [1.54, 1.807) is 11.3 Å². The third-order valence-electron chi connectivity index (χ3n) is 2.58. The van der Waals surface area contributed by atoms with E-state index in [4.69, 9.17) is 4.74 Å². The normalized spacial score (nSPS) is 19.7. The zero-order valence-electron chi connectivity index (χ0n) is 9.61. The van der Waals surface area contributed by atoms with Crippen LogP contribution in [0.3, 0.4) is 0 Å². The maximum Gasteiger partial charge on any atom is 0.110 e. The molecule has 1 aromatic heterocycles. The van der Waals surface area contributed by atoms with Crippen LogP contribution in [-0.2, 0) is 11.2 Å². The van der Waals surface area contributed by atoms with Crippen molar-refractivity contribution in [1.82, 2.24) is 10.3 Å². The molecule has 1 N–H and O–H groups in total. The highest BCUT2D eigenvalue weighted by atomic mass is 32.1. The smallest absolute Gasteiger partial charge is 0.110 e. The molecule has 0 aromatic carbocycles. The lowest BCUT2D eigenvalue weighted by Crippen LogP contribution is -2.30. The molecule has 88 valence electrons. The summed E-state index contributed by atoms with van der Waals surface area (Å²) < 4.78 is 5.48. The Morgan fingerprint density at radius 2 is 2.56 bits per heavy atom. The zero-order chi connectivity index (χ0) is 11.2. The fourth-order valence-corrected chi connectivity index (χ4v) is 2.49. The quantitative estimate of drug-likeness (QED) is 0.799. The molecule has 3 nitrogen and oxygen atoms in total. The summed E-state index contributed by atoms with van der Waals surface area (Å²) in [4.78, 5) is 4.43. The predicted octanol–water partition coefficient (Wildman–Crippen LogP) is 2.28. The Hall–Kier alpha value is -0.870. The lowest BCUT2D eigenvalue weighted by atomic mass is 10.1. The van der Waals surface area contributed by atoms with E-state index >= 15 is 0 Å². The molecule has 1 unspecified atom stereocenters.